The third-order valence-electron chi connectivity index (χ3n) is 3.67. The van der Waals surface area contributed by atoms with E-state index in [0.717, 1.165) is 18.8 Å². The molecule has 2 fully saturated rings. The Hall–Kier alpha value is -1.24. The van der Waals surface area contributed by atoms with E-state index in [4.69, 9.17) is 18.0 Å². The molecule has 3 heterocycles. The van der Waals surface area contributed by atoms with E-state index in [0.29, 0.717) is 22.8 Å². The highest BCUT2D eigenvalue weighted by molar-refractivity contribution is 6.30. The fraction of sp³-hybridized carbons (Fsp3) is 0.462. The van der Waals surface area contributed by atoms with Crippen molar-refractivity contribution >= 4 is 17.3 Å². The van der Waals surface area contributed by atoms with Crippen LogP contribution in [-0.2, 0) is 0 Å². The average Bonchev–Trinajstić information content (AvgIpc) is 2.73. The van der Waals surface area contributed by atoms with Crippen molar-refractivity contribution < 1.29 is 0 Å². The van der Waals surface area contributed by atoms with Crippen LogP contribution in [0, 0.1) is 12.3 Å². The highest BCUT2D eigenvalue weighted by atomic mass is 35.5. The summed E-state index contributed by atoms with van der Waals surface area (Å²) in [5, 5.41) is 3.94. The molecule has 0 radical (unpaired) electrons. The monoisotopic (exact) mass is 247 g/mol. The maximum atomic E-state index is 5.93. The highest BCUT2D eigenvalue weighted by Gasteiger charge is 2.33. The summed E-state index contributed by atoms with van der Waals surface area (Å²) in [5.41, 5.74) is 1.77. The van der Waals surface area contributed by atoms with Gasteiger partial charge in [0.1, 0.15) is 5.15 Å². The second-order valence-corrected chi connectivity index (χ2v) is 5.01. The average molecular weight is 248 g/mol. The summed E-state index contributed by atoms with van der Waals surface area (Å²) in [7, 11) is 0. The molecule has 17 heavy (non-hydrogen) atoms. The van der Waals surface area contributed by atoms with Crippen LogP contribution in [0.15, 0.2) is 12.3 Å². The Labute approximate surface area is 106 Å². The lowest BCUT2D eigenvalue weighted by Gasteiger charge is -2.34. The number of halogens is 1. The van der Waals surface area contributed by atoms with Crippen LogP contribution in [-0.4, -0.2) is 30.2 Å². The topological polar surface area (TPSA) is 28.2 Å². The van der Waals surface area contributed by atoms with Gasteiger partial charge in [-0.3, -0.25) is 0 Å². The molecule has 2 saturated heterocycles. The van der Waals surface area contributed by atoms with E-state index >= 15 is 0 Å². The largest absolute Gasteiger partial charge is 0.366 e. The van der Waals surface area contributed by atoms with Crippen LogP contribution < -0.4 is 10.2 Å². The van der Waals surface area contributed by atoms with Crippen molar-refractivity contribution in [3.05, 3.63) is 23.0 Å². The van der Waals surface area contributed by atoms with Crippen LogP contribution in [0.5, 0.6) is 0 Å². The fourth-order valence-corrected chi connectivity index (χ4v) is 2.93. The first kappa shape index (κ1) is 10.9. The van der Waals surface area contributed by atoms with E-state index < -0.39 is 0 Å². The SMILES string of the molecule is C#Cc1cc(N2CC[C@H]3C[C@@H]2CN3)cnc1Cl. The normalized spacial score (nSPS) is 26.9. The molecule has 88 valence electrons. The molecule has 2 aliphatic rings. The minimum absolute atomic E-state index is 0.413. The second kappa shape index (κ2) is 4.21. The van der Waals surface area contributed by atoms with Crippen molar-refractivity contribution in [2.24, 2.45) is 0 Å². The van der Waals surface area contributed by atoms with Gasteiger partial charge in [-0.15, -0.1) is 6.42 Å². The van der Waals surface area contributed by atoms with E-state index in [9.17, 15) is 0 Å². The van der Waals surface area contributed by atoms with Crippen LogP contribution in [0.4, 0.5) is 5.69 Å². The number of anilines is 1. The molecule has 0 saturated carbocycles. The molecule has 0 amide bonds. The number of pyridine rings is 1. The van der Waals surface area contributed by atoms with E-state index in [1.165, 1.54) is 12.8 Å². The number of piperidine rings is 1. The van der Waals surface area contributed by atoms with Crippen LogP contribution >= 0.6 is 11.6 Å². The third-order valence-corrected chi connectivity index (χ3v) is 3.97. The predicted molar refractivity (Wildman–Crippen MR) is 69.3 cm³/mol. The molecular formula is C13H14ClN3. The summed E-state index contributed by atoms with van der Waals surface area (Å²) in [6.07, 6.45) is 9.64. The Morgan fingerprint density at radius 2 is 2.47 bits per heavy atom. The van der Waals surface area contributed by atoms with Gasteiger partial charge in [-0.05, 0) is 18.9 Å². The summed E-state index contributed by atoms with van der Waals surface area (Å²) < 4.78 is 0. The summed E-state index contributed by atoms with van der Waals surface area (Å²) in [6.45, 7) is 2.12. The Morgan fingerprint density at radius 1 is 1.59 bits per heavy atom. The first-order valence-corrected chi connectivity index (χ1v) is 6.28. The van der Waals surface area contributed by atoms with Gasteiger partial charge in [0.2, 0.25) is 0 Å². The van der Waals surface area contributed by atoms with Gasteiger partial charge in [0.05, 0.1) is 17.4 Å². The van der Waals surface area contributed by atoms with Crippen LogP contribution in [0.25, 0.3) is 0 Å². The Balaban J connectivity index is 1.91. The van der Waals surface area contributed by atoms with Crippen molar-refractivity contribution in [1.82, 2.24) is 10.3 Å². The minimum atomic E-state index is 0.413. The molecule has 1 aromatic heterocycles. The van der Waals surface area contributed by atoms with E-state index in [-0.39, 0.29) is 0 Å². The molecule has 0 aliphatic carbocycles. The smallest absolute Gasteiger partial charge is 0.144 e. The molecule has 3 rings (SSSR count). The highest BCUT2D eigenvalue weighted by Crippen LogP contribution is 2.29. The molecule has 1 aromatic rings. The van der Waals surface area contributed by atoms with Gasteiger partial charge in [0.25, 0.3) is 0 Å². The molecule has 2 atom stereocenters. The fourth-order valence-electron chi connectivity index (χ4n) is 2.77. The van der Waals surface area contributed by atoms with Gasteiger partial charge >= 0.3 is 0 Å². The Kier molecular flexibility index (Phi) is 2.70. The second-order valence-electron chi connectivity index (χ2n) is 4.65. The molecule has 0 spiro atoms. The van der Waals surface area contributed by atoms with Crippen LogP contribution in [0.3, 0.4) is 0 Å². The van der Waals surface area contributed by atoms with E-state index in [1.54, 1.807) is 0 Å². The van der Waals surface area contributed by atoms with Crippen molar-refractivity contribution in [2.75, 3.05) is 18.0 Å². The lowest BCUT2D eigenvalue weighted by molar-refractivity contribution is 0.490. The van der Waals surface area contributed by atoms with Crippen molar-refractivity contribution in [3.63, 3.8) is 0 Å². The van der Waals surface area contributed by atoms with Gasteiger partial charge in [0.15, 0.2) is 0 Å². The number of hydrogen-bond donors (Lipinski definition) is 1. The zero-order valence-electron chi connectivity index (χ0n) is 9.49. The lowest BCUT2D eigenvalue weighted by Crippen LogP contribution is -2.40. The standard InChI is InChI=1S/C13H14ClN3/c1-2-9-5-11(8-16-13(9)14)17-4-3-10-6-12(17)7-15-10/h1,5,8,10,12,15H,3-4,6-7H2/t10-,12+/m0/s1. The number of aromatic nitrogens is 1. The Bertz CT molecular complexity index is 480. The Morgan fingerprint density at radius 3 is 3.29 bits per heavy atom. The first-order valence-electron chi connectivity index (χ1n) is 5.90. The predicted octanol–water partition coefficient (Wildman–Crippen LogP) is 1.66. The summed E-state index contributed by atoms with van der Waals surface area (Å²) in [6, 6.07) is 3.24. The van der Waals surface area contributed by atoms with Gasteiger partial charge in [-0.1, -0.05) is 17.5 Å². The molecular weight excluding hydrogens is 234 g/mol. The molecule has 0 aromatic carbocycles. The van der Waals surface area contributed by atoms with Gasteiger partial charge in [-0.25, -0.2) is 4.98 Å². The number of nitrogens with zero attached hydrogens (tertiary/aromatic N) is 2. The van der Waals surface area contributed by atoms with E-state index in [2.05, 4.69) is 21.1 Å². The van der Waals surface area contributed by atoms with Crippen molar-refractivity contribution in [2.45, 2.75) is 24.9 Å². The zero-order valence-corrected chi connectivity index (χ0v) is 10.2. The van der Waals surface area contributed by atoms with Gasteiger partial charge < -0.3 is 10.2 Å². The number of terminal acetylenes is 1. The number of rotatable bonds is 1. The van der Waals surface area contributed by atoms with Crippen LogP contribution in [0.1, 0.15) is 18.4 Å². The molecule has 2 bridgehead atoms. The molecule has 1 N–H and O–H groups in total. The quantitative estimate of drug-likeness (QED) is 0.604. The van der Waals surface area contributed by atoms with Crippen molar-refractivity contribution in [3.8, 4) is 12.3 Å². The van der Waals surface area contributed by atoms with Crippen LogP contribution in [0.2, 0.25) is 5.15 Å². The maximum Gasteiger partial charge on any atom is 0.144 e. The molecule has 2 aliphatic heterocycles. The number of nitrogens with one attached hydrogen (secondary N) is 1. The van der Waals surface area contributed by atoms with Crippen molar-refractivity contribution in [1.29, 1.82) is 0 Å². The zero-order chi connectivity index (χ0) is 11.8. The third kappa shape index (κ3) is 1.88. The maximum absolute atomic E-state index is 5.93. The number of hydrogen-bond acceptors (Lipinski definition) is 3. The minimum Gasteiger partial charge on any atom is -0.366 e. The summed E-state index contributed by atoms with van der Waals surface area (Å²) in [4.78, 5) is 6.56. The molecule has 0 unspecified atom stereocenters. The summed E-state index contributed by atoms with van der Waals surface area (Å²) in [5.74, 6) is 2.58. The van der Waals surface area contributed by atoms with Gasteiger partial charge in [-0.2, -0.15) is 0 Å². The molecule has 3 nitrogen and oxygen atoms in total. The number of fused-ring (bicyclic) bond motifs is 2. The summed E-state index contributed by atoms with van der Waals surface area (Å²) >= 11 is 5.93. The lowest BCUT2D eigenvalue weighted by atomic mass is 10.0. The van der Waals surface area contributed by atoms with Gasteiger partial charge in [0, 0.05) is 25.2 Å². The van der Waals surface area contributed by atoms with E-state index in [1.807, 2.05) is 12.3 Å². The molecule has 4 heteroatoms. The first-order chi connectivity index (χ1) is 8.28.